The van der Waals surface area contributed by atoms with Crippen molar-refractivity contribution in [2.45, 2.75) is 91.0 Å². The molecule has 0 N–H and O–H groups in total. The molecule has 1 amide bonds. The Bertz CT molecular complexity index is 1240. The fraction of sp³-hybridized carbons (Fsp3) is 0.486. The number of fused-ring (bicyclic) bond motifs is 1. The monoisotopic (exact) mass is 543 g/mol. The fourth-order valence-corrected chi connectivity index (χ4v) is 6.29. The predicted molar refractivity (Wildman–Crippen MR) is 165 cm³/mol. The Morgan fingerprint density at radius 1 is 1.27 bits per heavy atom. The van der Waals surface area contributed by atoms with Gasteiger partial charge in [-0.25, -0.2) is 9.07 Å². The number of halogens is 1. The second-order valence-corrected chi connectivity index (χ2v) is 11.7. The Labute approximate surface area is 240 Å². The summed E-state index contributed by atoms with van der Waals surface area (Å²) in [4.78, 5) is 15.8. The van der Waals surface area contributed by atoms with Crippen molar-refractivity contribution in [2.24, 2.45) is 11.8 Å². The van der Waals surface area contributed by atoms with Crippen molar-refractivity contribution in [1.82, 2.24) is 14.7 Å². The summed E-state index contributed by atoms with van der Waals surface area (Å²) in [6.45, 7) is 11.4. The highest BCUT2D eigenvalue weighted by Gasteiger charge is 2.32. The highest BCUT2D eigenvalue weighted by Crippen LogP contribution is 2.34. The Balaban J connectivity index is 1.45. The van der Waals surface area contributed by atoms with Crippen LogP contribution < -0.4 is 0 Å². The van der Waals surface area contributed by atoms with Crippen LogP contribution in [0.3, 0.4) is 0 Å². The summed E-state index contributed by atoms with van der Waals surface area (Å²) >= 11 is 0. The van der Waals surface area contributed by atoms with Crippen LogP contribution in [-0.4, -0.2) is 33.2 Å². The summed E-state index contributed by atoms with van der Waals surface area (Å²) in [5.74, 6) is 0.845. The van der Waals surface area contributed by atoms with E-state index in [4.69, 9.17) is 5.10 Å². The first-order valence-electron chi connectivity index (χ1n) is 15.1. The number of rotatable bonds is 8. The first kappa shape index (κ1) is 29.8. The molecular formula is C35H46FN3O. The average Bonchev–Trinajstić information content (AvgIpc) is 3.56. The molecule has 40 heavy (non-hydrogen) atoms. The smallest absolute Gasteiger partial charge is 0.223 e. The van der Waals surface area contributed by atoms with Gasteiger partial charge in [-0.2, -0.15) is 5.10 Å². The van der Waals surface area contributed by atoms with Gasteiger partial charge < -0.3 is 4.90 Å². The van der Waals surface area contributed by atoms with E-state index in [1.165, 1.54) is 16.7 Å². The minimum absolute atomic E-state index is 0.185. The van der Waals surface area contributed by atoms with Gasteiger partial charge in [-0.1, -0.05) is 55.5 Å². The third-order valence-electron chi connectivity index (χ3n) is 8.73. The van der Waals surface area contributed by atoms with Crippen LogP contribution in [0.2, 0.25) is 0 Å². The van der Waals surface area contributed by atoms with Crippen LogP contribution in [0, 0.1) is 11.8 Å². The summed E-state index contributed by atoms with van der Waals surface area (Å²) in [7, 11) is 0. The molecule has 4 nitrogen and oxygen atoms in total. The largest absolute Gasteiger partial charge is 0.340 e. The van der Waals surface area contributed by atoms with E-state index in [0.29, 0.717) is 43.0 Å². The molecule has 5 heteroatoms. The summed E-state index contributed by atoms with van der Waals surface area (Å²) in [5.41, 5.74) is 5.97. The molecule has 1 fully saturated rings. The third-order valence-corrected chi connectivity index (χ3v) is 8.73. The van der Waals surface area contributed by atoms with E-state index < -0.39 is 0 Å². The number of hydrogen-bond donors (Lipinski definition) is 0. The molecule has 0 saturated carbocycles. The summed E-state index contributed by atoms with van der Waals surface area (Å²) < 4.78 is 15.7. The normalized spacial score (nSPS) is 29.0. The summed E-state index contributed by atoms with van der Waals surface area (Å²) in [6.07, 6.45) is 28.3. The van der Waals surface area contributed by atoms with Gasteiger partial charge >= 0.3 is 0 Å². The molecule has 3 aliphatic rings. The van der Waals surface area contributed by atoms with Gasteiger partial charge in [0.1, 0.15) is 5.83 Å². The highest BCUT2D eigenvalue weighted by atomic mass is 19.1. The first-order chi connectivity index (χ1) is 19.4. The molecule has 2 aliphatic carbocycles. The maximum absolute atomic E-state index is 13.7. The number of carbonyl (C=O) groups is 1. The van der Waals surface area contributed by atoms with Gasteiger partial charge in [0.2, 0.25) is 5.91 Å². The van der Waals surface area contributed by atoms with Gasteiger partial charge in [-0.05, 0) is 106 Å². The van der Waals surface area contributed by atoms with Crippen molar-refractivity contribution >= 4 is 17.7 Å². The molecule has 3 atom stereocenters. The van der Waals surface area contributed by atoms with Crippen LogP contribution in [0.1, 0.15) is 89.8 Å². The summed E-state index contributed by atoms with van der Waals surface area (Å²) in [5, 5.41) is 4.78. The van der Waals surface area contributed by atoms with Crippen LogP contribution in [0.4, 0.5) is 4.39 Å². The maximum atomic E-state index is 13.7. The number of nitrogens with zero attached hydrogens (tertiary/aromatic N) is 3. The molecule has 2 heterocycles. The van der Waals surface area contributed by atoms with Crippen molar-refractivity contribution < 1.29 is 9.18 Å². The number of amides is 1. The van der Waals surface area contributed by atoms with Crippen LogP contribution in [0.25, 0.3) is 11.8 Å². The van der Waals surface area contributed by atoms with Crippen molar-refractivity contribution in [3.8, 4) is 0 Å². The average molecular weight is 544 g/mol. The van der Waals surface area contributed by atoms with Gasteiger partial charge in [0.25, 0.3) is 0 Å². The number of likely N-dealkylation sites (tertiary alicyclic amines) is 1. The first-order valence-corrected chi connectivity index (χ1v) is 15.1. The molecule has 3 unspecified atom stereocenters. The van der Waals surface area contributed by atoms with Gasteiger partial charge in [-0.15, -0.1) is 0 Å². The molecule has 1 aromatic heterocycles. The number of carbonyl (C=O) groups excluding carboxylic acids is 1. The van der Waals surface area contributed by atoms with E-state index >= 15 is 0 Å². The second-order valence-electron chi connectivity index (χ2n) is 11.7. The zero-order chi connectivity index (χ0) is 28.5. The minimum Gasteiger partial charge on any atom is -0.340 e. The molecule has 1 aliphatic heterocycles. The standard InChI is InChI=1S/C35H46FN3O/c1-5-7-11-28(6-2)18-20-32-16-10-21-38(32)35(40)24-29-19-17-26(3)22-34-30(23-27(29)4)25-37-39(34)33-14-8-12-31(36)13-9-15-33/h5-8,11-13,15,22,25,27,29,32H,2,9-10,14,16-21,23-24H2,1,3-4H3/b7-5-,12-8-,26-22+,28-11+,31-13+,33-15+. The number of hydrogen-bond acceptors (Lipinski definition) is 2. The van der Waals surface area contributed by atoms with E-state index in [2.05, 4.69) is 49.6 Å². The second kappa shape index (κ2) is 14.4. The Hall–Kier alpha value is -3.21. The summed E-state index contributed by atoms with van der Waals surface area (Å²) in [6, 6.07) is 0.328. The highest BCUT2D eigenvalue weighted by molar-refractivity contribution is 5.77. The molecule has 4 rings (SSSR count). The Morgan fingerprint density at radius 3 is 2.92 bits per heavy atom. The van der Waals surface area contributed by atoms with Gasteiger partial charge in [0.05, 0.1) is 11.9 Å². The Kier molecular flexibility index (Phi) is 10.7. The number of allylic oxidation sites excluding steroid dienone is 12. The lowest BCUT2D eigenvalue weighted by molar-refractivity contribution is -0.133. The van der Waals surface area contributed by atoms with Crippen LogP contribution in [0.15, 0.2) is 78.4 Å². The lowest BCUT2D eigenvalue weighted by Crippen LogP contribution is -2.37. The lowest BCUT2D eigenvalue weighted by atomic mass is 9.83. The SMILES string of the molecule is C=C/C(=C\C=C/C)CCC1CCCN1C(=O)CC1CC/C(C)=C/c2c(cnn2/C2=C/C/C=C(F)\C=C/C2)CC1C. The van der Waals surface area contributed by atoms with Crippen LogP contribution >= 0.6 is 0 Å². The van der Waals surface area contributed by atoms with Crippen LogP contribution in [0.5, 0.6) is 0 Å². The topological polar surface area (TPSA) is 38.1 Å². The maximum Gasteiger partial charge on any atom is 0.223 e. The lowest BCUT2D eigenvalue weighted by Gasteiger charge is -2.29. The van der Waals surface area contributed by atoms with E-state index in [-0.39, 0.29) is 5.83 Å². The molecule has 1 saturated heterocycles. The molecule has 0 spiro atoms. The van der Waals surface area contributed by atoms with Crippen molar-refractivity contribution in [2.75, 3.05) is 6.54 Å². The zero-order valence-corrected chi connectivity index (χ0v) is 24.6. The van der Waals surface area contributed by atoms with Crippen molar-refractivity contribution in [3.05, 3.63) is 89.6 Å². The molecular weight excluding hydrogens is 497 g/mol. The van der Waals surface area contributed by atoms with Gasteiger partial charge in [0, 0.05) is 31.1 Å². The van der Waals surface area contributed by atoms with Crippen molar-refractivity contribution in [1.29, 1.82) is 0 Å². The van der Waals surface area contributed by atoms with E-state index in [0.717, 1.165) is 62.9 Å². The van der Waals surface area contributed by atoms with Crippen molar-refractivity contribution in [3.63, 3.8) is 0 Å². The van der Waals surface area contributed by atoms with E-state index in [1.54, 1.807) is 12.2 Å². The predicted octanol–water partition coefficient (Wildman–Crippen LogP) is 8.77. The van der Waals surface area contributed by atoms with Gasteiger partial charge in [0.15, 0.2) is 0 Å². The minimum atomic E-state index is -0.185. The van der Waals surface area contributed by atoms with E-state index in [9.17, 15) is 9.18 Å². The molecule has 214 valence electrons. The molecule has 0 aromatic carbocycles. The zero-order valence-electron chi connectivity index (χ0n) is 24.6. The molecule has 0 bridgehead atoms. The molecule has 1 aromatic rings. The van der Waals surface area contributed by atoms with E-state index in [1.807, 2.05) is 36.0 Å². The Morgan fingerprint density at radius 2 is 2.12 bits per heavy atom. The van der Waals surface area contributed by atoms with Gasteiger partial charge in [-0.3, -0.25) is 4.79 Å². The fourth-order valence-electron chi connectivity index (χ4n) is 6.29. The quantitative estimate of drug-likeness (QED) is 0.307. The number of aromatic nitrogens is 2. The molecule has 0 radical (unpaired) electrons. The third kappa shape index (κ3) is 7.71. The van der Waals surface area contributed by atoms with Crippen LogP contribution in [-0.2, 0) is 11.2 Å².